The van der Waals surface area contributed by atoms with Crippen molar-refractivity contribution in [2.75, 3.05) is 31.6 Å². The fraction of sp³-hybridized carbons (Fsp3) is 0.316. The van der Waals surface area contributed by atoms with Crippen LogP contribution in [0.4, 0.5) is 11.4 Å². The number of nitro groups is 1. The van der Waals surface area contributed by atoms with Crippen LogP contribution in [0.3, 0.4) is 0 Å². The molecule has 0 spiro atoms. The number of hydrogen-bond donors (Lipinski definition) is 2. The third-order valence-electron chi connectivity index (χ3n) is 4.54. The van der Waals surface area contributed by atoms with Crippen molar-refractivity contribution in [3.05, 3.63) is 69.8 Å². The largest absolute Gasteiger partial charge is 0.370 e. The second-order valence-corrected chi connectivity index (χ2v) is 6.41. The third kappa shape index (κ3) is 4.25. The quantitative estimate of drug-likeness (QED) is 0.628. The molecule has 1 heterocycles. The van der Waals surface area contributed by atoms with Gasteiger partial charge in [0.05, 0.1) is 18.1 Å². The smallest absolute Gasteiger partial charge is 0.287 e. The molecule has 3 rings (SSSR count). The van der Waals surface area contributed by atoms with Crippen LogP contribution in [0.2, 0.25) is 0 Å². The highest BCUT2D eigenvalue weighted by Crippen LogP contribution is 2.20. The van der Waals surface area contributed by atoms with E-state index in [1.165, 1.54) is 12.1 Å². The highest BCUT2D eigenvalue weighted by Gasteiger charge is 2.33. The number of aryl methyl sites for hydroxylation is 1. The van der Waals surface area contributed by atoms with Gasteiger partial charge in [-0.05, 0) is 19.1 Å². The van der Waals surface area contributed by atoms with Crippen molar-refractivity contribution in [1.29, 1.82) is 0 Å². The van der Waals surface area contributed by atoms with Crippen molar-refractivity contribution < 1.29 is 19.4 Å². The molecular weight excluding hydrogens is 334 g/mol. The van der Waals surface area contributed by atoms with Gasteiger partial charge in [0, 0.05) is 23.4 Å². The number of nitrogens with zero attached hydrogens (tertiary/aromatic N) is 1. The number of amides is 1. The molecule has 0 aliphatic carbocycles. The van der Waals surface area contributed by atoms with Crippen LogP contribution in [0.1, 0.15) is 17.2 Å². The molecule has 1 aliphatic heterocycles. The maximum atomic E-state index is 13.0. The third-order valence-corrected chi connectivity index (χ3v) is 4.54. The minimum Gasteiger partial charge on any atom is -0.370 e. The molecule has 0 saturated carbocycles. The molecule has 7 nitrogen and oxygen atoms in total. The summed E-state index contributed by atoms with van der Waals surface area (Å²) in [4.78, 5) is 24.8. The SMILES string of the molecule is Cc1ccc(NC(=O)[C@@H](c2cccc([N+](=O)[O-])c2)[NH+]2CCOCC2)cc1. The Morgan fingerprint density at radius 1 is 1.19 bits per heavy atom. The Morgan fingerprint density at radius 3 is 2.54 bits per heavy atom. The lowest BCUT2D eigenvalue weighted by molar-refractivity contribution is -0.929. The normalized spacial score (nSPS) is 16.0. The zero-order valence-corrected chi connectivity index (χ0v) is 14.6. The molecule has 0 bridgehead atoms. The van der Waals surface area contributed by atoms with E-state index in [9.17, 15) is 14.9 Å². The molecule has 2 N–H and O–H groups in total. The van der Waals surface area contributed by atoms with Crippen LogP contribution < -0.4 is 10.2 Å². The van der Waals surface area contributed by atoms with Crippen LogP contribution in [0.5, 0.6) is 0 Å². The summed E-state index contributed by atoms with van der Waals surface area (Å²) >= 11 is 0. The number of hydrogen-bond acceptors (Lipinski definition) is 4. The van der Waals surface area contributed by atoms with Crippen molar-refractivity contribution >= 4 is 17.3 Å². The number of quaternary nitrogens is 1. The predicted octanol–water partition coefficient (Wildman–Crippen LogP) is 1.50. The Hall–Kier alpha value is -2.77. The first kappa shape index (κ1) is 18.0. The average molecular weight is 356 g/mol. The minimum absolute atomic E-state index is 0.0108. The molecule has 2 aromatic carbocycles. The maximum absolute atomic E-state index is 13.0. The van der Waals surface area contributed by atoms with Crippen LogP contribution in [0.25, 0.3) is 0 Å². The van der Waals surface area contributed by atoms with Gasteiger partial charge in [-0.15, -0.1) is 0 Å². The first-order chi connectivity index (χ1) is 12.5. The molecule has 0 radical (unpaired) electrons. The van der Waals surface area contributed by atoms with Gasteiger partial charge in [0.2, 0.25) is 0 Å². The van der Waals surface area contributed by atoms with Gasteiger partial charge < -0.3 is 15.0 Å². The number of anilines is 1. The van der Waals surface area contributed by atoms with E-state index in [4.69, 9.17) is 4.74 Å². The number of rotatable bonds is 5. The first-order valence-electron chi connectivity index (χ1n) is 8.59. The van der Waals surface area contributed by atoms with E-state index in [0.717, 1.165) is 10.5 Å². The Kier molecular flexibility index (Phi) is 5.60. The molecule has 1 amide bonds. The summed E-state index contributed by atoms with van der Waals surface area (Å²) < 4.78 is 5.40. The molecule has 0 aromatic heterocycles. The molecule has 1 aliphatic rings. The van der Waals surface area contributed by atoms with Gasteiger partial charge >= 0.3 is 0 Å². The molecular formula is C19H22N3O4+. The van der Waals surface area contributed by atoms with Crippen LogP contribution in [-0.2, 0) is 9.53 Å². The molecule has 7 heteroatoms. The number of benzene rings is 2. The van der Waals surface area contributed by atoms with Crippen molar-refractivity contribution in [1.82, 2.24) is 0 Å². The summed E-state index contributed by atoms with van der Waals surface area (Å²) in [5.41, 5.74) is 2.45. The predicted molar refractivity (Wildman–Crippen MR) is 97.2 cm³/mol. The molecule has 26 heavy (non-hydrogen) atoms. The van der Waals surface area contributed by atoms with E-state index in [0.29, 0.717) is 37.6 Å². The fourth-order valence-corrected chi connectivity index (χ4v) is 3.16. The Balaban J connectivity index is 1.89. The van der Waals surface area contributed by atoms with E-state index < -0.39 is 11.0 Å². The van der Waals surface area contributed by atoms with Crippen molar-refractivity contribution in [2.45, 2.75) is 13.0 Å². The van der Waals surface area contributed by atoms with Crippen molar-refractivity contribution in [3.8, 4) is 0 Å². The van der Waals surface area contributed by atoms with Crippen LogP contribution in [0, 0.1) is 17.0 Å². The number of nitrogens with one attached hydrogen (secondary N) is 2. The molecule has 1 fully saturated rings. The summed E-state index contributed by atoms with van der Waals surface area (Å²) in [6.07, 6.45) is 0. The lowest BCUT2D eigenvalue weighted by Gasteiger charge is -2.30. The van der Waals surface area contributed by atoms with Crippen LogP contribution >= 0.6 is 0 Å². The van der Waals surface area contributed by atoms with Crippen LogP contribution in [0.15, 0.2) is 48.5 Å². The second kappa shape index (κ2) is 8.07. The van der Waals surface area contributed by atoms with Crippen LogP contribution in [-0.4, -0.2) is 37.1 Å². The van der Waals surface area contributed by atoms with Gasteiger partial charge in [-0.3, -0.25) is 14.9 Å². The van der Waals surface area contributed by atoms with Crippen molar-refractivity contribution in [2.24, 2.45) is 0 Å². The maximum Gasteiger partial charge on any atom is 0.287 e. The van der Waals surface area contributed by atoms with Gasteiger partial charge in [-0.1, -0.05) is 29.8 Å². The minimum atomic E-state index is -0.528. The summed E-state index contributed by atoms with van der Waals surface area (Å²) in [5, 5.41) is 14.1. The van der Waals surface area contributed by atoms with Gasteiger partial charge in [0.1, 0.15) is 13.1 Å². The highest BCUT2D eigenvalue weighted by atomic mass is 16.6. The number of carbonyl (C=O) groups is 1. The lowest BCUT2D eigenvalue weighted by Crippen LogP contribution is -3.15. The molecule has 1 atom stereocenters. The number of ether oxygens (including phenoxy) is 1. The summed E-state index contributed by atoms with van der Waals surface area (Å²) in [7, 11) is 0. The van der Waals surface area contributed by atoms with E-state index in [-0.39, 0.29) is 11.6 Å². The molecule has 2 aromatic rings. The highest BCUT2D eigenvalue weighted by molar-refractivity contribution is 5.94. The average Bonchev–Trinajstić information content (AvgIpc) is 2.65. The molecule has 136 valence electrons. The first-order valence-corrected chi connectivity index (χ1v) is 8.59. The fourth-order valence-electron chi connectivity index (χ4n) is 3.16. The van der Waals surface area contributed by atoms with Gasteiger partial charge in [0.25, 0.3) is 11.6 Å². The van der Waals surface area contributed by atoms with E-state index in [1.54, 1.807) is 12.1 Å². The summed E-state index contributed by atoms with van der Waals surface area (Å²) in [5.74, 6) is -0.175. The second-order valence-electron chi connectivity index (χ2n) is 6.41. The monoisotopic (exact) mass is 356 g/mol. The van der Waals surface area contributed by atoms with Crippen molar-refractivity contribution in [3.63, 3.8) is 0 Å². The number of nitro benzene ring substituents is 1. The molecule has 0 unspecified atom stereocenters. The van der Waals surface area contributed by atoms with E-state index >= 15 is 0 Å². The summed E-state index contributed by atoms with van der Waals surface area (Å²) in [6, 6.07) is 13.4. The zero-order valence-electron chi connectivity index (χ0n) is 14.6. The topological polar surface area (TPSA) is 85.9 Å². The van der Waals surface area contributed by atoms with Gasteiger partial charge in [0.15, 0.2) is 6.04 Å². The Labute approximate surface area is 151 Å². The summed E-state index contributed by atoms with van der Waals surface area (Å²) in [6.45, 7) is 4.47. The zero-order chi connectivity index (χ0) is 18.5. The van der Waals surface area contributed by atoms with E-state index in [2.05, 4.69) is 5.32 Å². The number of morpholine rings is 1. The Morgan fingerprint density at radius 2 is 1.88 bits per heavy atom. The number of non-ortho nitro benzene ring substituents is 1. The van der Waals surface area contributed by atoms with Gasteiger partial charge in [-0.25, -0.2) is 0 Å². The molecule has 1 saturated heterocycles. The Bertz CT molecular complexity index is 786. The lowest BCUT2D eigenvalue weighted by atomic mass is 10.0. The van der Waals surface area contributed by atoms with E-state index in [1.807, 2.05) is 31.2 Å². The number of carbonyl (C=O) groups excluding carboxylic acids is 1. The standard InChI is InChI=1S/C19H21N3O4/c1-14-5-7-16(8-6-14)20-19(23)18(21-9-11-26-12-10-21)15-3-2-4-17(13-15)22(24)25/h2-8,13,18H,9-12H2,1H3,(H,20,23)/p+1/t18-/m1/s1. The van der Waals surface area contributed by atoms with Gasteiger partial charge in [-0.2, -0.15) is 0 Å².